The highest BCUT2D eigenvalue weighted by atomic mass is 79.9. The van der Waals surface area contributed by atoms with Crippen LogP contribution >= 0.6 is 39.1 Å². The summed E-state index contributed by atoms with van der Waals surface area (Å²) in [6, 6.07) is 16.4. The SMILES string of the molecule is NS(=O)(=O)c1ccc(CNC(=O)CN(Cc2ccc(Cl)cc2Cl)S(=O)(=O)c2ccc(Br)cc2)cc1. The van der Waals surface area contributed by atoms with Crippen molar-refractivity contribution in [2.75, 3.05) is 6.54 Å². The summed E-state index contributed by atoms with van der Waals surface area (Å²) in [6.45, 7) is -0.588. The third-order valence-electron chi connectivity index (χ3n) is 4.87. The van der Waals surface area contributed by atoms with Gasteiger partial charge in [-0.3, -0.25) is 4.79 Å². The molecule has 0 aliphatic heterocycles. The first-order chi connectivity index (χ1) is 16.4. The van der Waals surface area contributed by atoms with Crippen molar-refractivity contribution in [3.63, 3.8) is 0 Å². The van der Waals surface area contributed by atoms with Crippen molar-refractivity contribution in [2.45, 2.75) is 22.9 Å². The first-order valence-corrected chi connectivity index (χ1v) is 14.5. The van der Waals surface area contributed by atoms with E-state index in [-0.39, 0.29) is 27.9 Å². The van der Waals surface area contributed by atoms with Crippen LogP contribution in [0, 0.1) is 0 Å². The Labute approximate surface area is 222 Å². The summed E-state index contributed by atoms with van der Waals surface area (Å²) in [5.41, 5.74) is 1.08. The molecule has 0 unspecified atom stereocenters. The summed E-state index contributed by atoms with van der Waals surface area (Å²) in [7, 11) is -7.89. The van der Waals surface area contributed by atoms with Gasteiger partial charge in [0.25, 0.3) is 0 Å². The van der Waals surface area contributed by atoms with E-state index in [0.29, 0.717) is 20.6 Å². The van der Waals surface area contributed by atoms with Gasteiger partial charge in [-0.05, 0) is 59.7 Å². The standard InChI is InChI=1S/C22H20BrCl2N3O5S2/c23-17-4-9-20(10-5-17)35(32,33)28(13-16-3-6-18(24)11-21(16)25)14-22(29)27-12-15-1-7-19(8-2-15)34(26,30)31/h1-11H,12-14H2,(H,27,29)(H2,26,30,31). The number of primary sulfonamides is 1. The second-order valence-electron chi connectivity index (χ2n) is 7.43. The summed E-state index contributed by atoms with van der Waals surface area (Å²) in [5, 5.41) is 8.39. The van der Waals surface area contributed by atoms with E-state index in [1.165, 1.54) is 42.5 Å². The maximum atomic E-state index is 13.4. The lowest BCUT2D eigenvalue weighted by molar-refractivity contribution is -0.121. The van der Waals surface area contributed by atoms with Crippen molar-refractivity contribution >= 4 is 65.1 Å². The highest BCUT2D eigenvalue weighted by Crippen LogP contribution is 2.26. The van der Waals surface area contributed by atoms with Crippen LogP contribution in [0.3, 0.4) is 0 Å². The van der Waals surface area contributed by atoms with Crippen molar-refractivity contribution in [3.05, 3.63) is 92.4 Å². The summed E-state index contributed by atoms with van der Waals surface area (Å²) < 4.78 is 51.2. The molecule has 0 aliphatic carbocycles. The quantitative estimate of drug-likeness (QED) is 0.375. The monoisotopic (exact) mass is 619 g/mol. The zero-order chi connectivity index (χ0) is 25.8. The molecule has 13 heteroatoms. The molecule has 8 nitrogen and oxygen atoms in total. The van der Waals surface area contributed by atoms with E-state index in [4.69, 9.17) is 28.3 Å². The molecule has 0 spiro atoms. The molecule has 0 radical (unpaired) electrons. The predicted octanol–water partition coefficient (Wildman–Crippen LogP) is 3.91. The van der Waals surface area contributed by atoms with Crippen LogP contribution in [0.5, 0.6) is 0 Å². The van der Waals surface area contributed by atoms with Gasteiger partial charge in [-0.1, -0.05) is 57.3 Å². The van der Waals surface area contributed by atoms with Gasteiger partial charge in [-0.15, -0.1) is 0 Å². The number of nitrogens with one attached hydrogen (secondary N) is 1. The normalized spacial score (nSPS) is 12.0. The number of hydrogen-bond acceptors (Lipinski definition) is 5. The highest BCUT2D eigenvalue weighted by molar-refractivity contribution is 9.10. The van der Waals surface area contributed by atoms with Gasteiger partial charge < -0.3 is 5.32 Å². The van der Waals surface area contributed by atoms with E-state index >= 15 is 0 Å². The molecule has 3 N–H and O–H groups in total. The molecule has 3 aromatic rings. The lowest BCUT2D eigenvalue weighted by Gasteiger charge is -2.22. The predicted molar refractivity (Wildman–Crippen MR) is 138 cm³/mol. The van der Waals surface area contributed by atoms with Crippen LogP contribution in [0.4, 0.5) is 0 Å². The van der Waals surface area contributed by atoms with Crippen molar-refractivity contribution in [2.24, 2.45) is 5.14 Å². The van der Waals surface area contributed by atoms with Crippen LogP contribution in [0.2, 0.25) is 10.0 Å². The van der Waals surface area contributed by atoms with Crippen LogP contribution in [-0.2, 0) is 37.9 Å². The molecule has 3 rings (SSSR count). The fourth-order valence-electron chi connectivity index (χ4n) is 3.04. The van der Waals surface area contributed by atoms with E-state index in [1.807, 2.05) is 0 Å². The van der Waals surface area contributed by atoms with Gasteiger partial charge in [0, 0.05) is 27.6 Å². The molecule has 3 aromatic carbocycles. The molecular formula is C22H20BrCl2N3O5S2. The number of carbonyl (C=O) groups is 1. The summed E-state index contributed by atoms with van der Waals surface area (Å²) in [6.07, 6.45) is 0. The van der Waals surface area contributed by atoms with Crippen molar-refractivity contribution in [1.29, 1.82) is 0 Å². The molecule has 0 fully saturated rings. The molecular weight excluding hydrogens is 601 g/mol. The number of hydrogen-bond donors (Lipinski definition) is 2. The molecule has 0 aromatic heterocycles. The first-order valence-electron chi connectivity index (χ1n) is 9.94. The molecule has 0 saturated heterocycles. The Bertz CT molecular complexity index is 1430. The highest BCUT2D eigenvalue weighted by Gasteiger charge is 2.27. The number of nitrogens with zero attached hydrogens (tertiary/aromatic N) is 1. The van der Waals surface area contributed by atoms with Gasteiger partial charge in [-0.2, -0.15) is 4.31 Å². The average Bonchev–Trinajstić information content (AvgIpc) is 2.79. The minimum absolute atomic E-state index is 0.0113. The number of rotatable bonds is 9. The van der Waals surface area contributed by atoms with E-state index in [2.05, 4.69) is 21.2 Å². The van der Waals surface area contributed by atoms with E-state index in [0.717, 1.165) is 4.31 Å². The third kappa shape index (κ3) is 7.50. The smallest absolute Gasteiger partial charge is 0.243 e. The Morgan fingerprint density at radius 3 is 2.09 bits per heavy atom. The van der Waals surface area contributed by atoms with E-state index < -0.39 is 32.5 Å². The van der Waals surface area contributed by atoms with Gasteiger partial charge in [0.2, 0.25) is 26.0 Å². The number of nitrogens with two attached hydrogens (primary N) is 1. The number of amides is 1. The maximum Gasteiger partial charge on any atom is 0.243 e. The van der Waals surface area contributed by atoms with Crippen LogP contribution < -0.4 is 10.5 Å². The second kappa shape index (κ2) is 11.4. The number of halogens is 3. The summed E-state index contributed by atoms with van der Waals surface area (Å²) in [4.78, 5) is 12.7. The van der Waals surface area contributed by atoms with E-state index in [9.17, 15) is 21.6 Å². The topological polar surface area (TPSA) is 127 Å². The minimum atomic E-state index is -4.06. The lowest BCUT2D eigenvalue weighted by Crippen LogP contribution is -2.40. The molecule has 0 saturated carbocycles. The number of sulfonamides is 2. The summed E-state index contributed by atoms with van der Waals surface area (Å²) in [5.74, 6) is -0.564. The number of benzene rings is 3. The fraction of sp³-hybridized carbons (Fsp3) is 0.136. The van der Waals surface area contributed by atoms with Crippen molar-refractivity contribution in [3.8, 4) is 0 Å². The lowest BCUT2D eigenvalue weighted by atomic mass is 10.2. The Morgan fingerprint density at radius 1 is 0.914 bits per heavy atom. The van der Waals surface area contributed by atoms with Crippen LogP contribution in [-0.4, -0.2) is 33.6 Å². The Kier molecular flexibility index (Phi) is 8.97. The van der Waals surface area contributed by atoms with Crippen LogP contribution in [0.15, 0.2) is 81.0 Å². The van der Waals surface area contributed by atoms with Crippen LogP contribution in [0.25, 0.3) is 0 Å². The first kappa shape index (κ1) is 27.6. The zero-order valence-electron chi connectivity index (χ0n) is 18.0. The number of carbonyl (C=O) groups excluding carboxylic acids is 1. The zero-order valence-corrected chi connectivity index (χ0v) is 22.7. The van der Waals surface area contributed by atoms with Gasteiger partial charge in [0.1, 0.15) is 0 Å². The van der Waals surface area contributed by atoms with Gasteiger partial charge in [0.15, 0.2) is 0 Å². The second-order valence-corrected chi connectivity index (χ2v) is 12.7. The Morgan fingerprint density at radius 2 is 1.51 bits per heavy atom. The van der Waals surface area contributed by atoms with Crippen LogP contribution in [0.1, 0.15) is 11.1 Å². The summed E-state index contributed by atoms with van der Waals surface area (Å²) >= 11 is 15.5. The molecule has 0 heterocycles. The van der Waals surface area contributed by atoms with Gasteiger partial charge in [-0.25, -0.2) is 22.0 Å². The molecule has 0 atom stereocenters. The minimum Gasteiger partial charge on any atom is -0.351 e. The van der Waals surface area contributed by atoms with E-state index in [1.54, 1.807) is 24.3 Å². The molecule has 186 valence electrons. The molecule has 1 amide bonds. The fourth-order valence-corrected chi connectivity index (χ4v) is 5.66. The average molecular weight is 621 g/mol. The van der Waals surface area contributed by atoms with Crippen molar-refractivity contribution in [1.82, 2.24) is 9.62 Å². The Balaban J connectivity index is 1.80. The maximum absolute atomic E-state index is 13.4. The van der Waals surface area contributed by atoms with Gasteiger partial charge in [0.05, 0.1) is 16.3 Å². The largest absolute Gasteiger partial charge is 0.351 e. The Hall–Kier alpha value is -1.99. The third-order valence-corrected chi connectivity index (χ3v) is 8.73. The van der Waals surface area contributed by atoms with Crippen molar-refractivity contribution < 1.29 is 21.6 Å². The molecule has 0 aliphatic rings. The molecule has 0 bridgehead atoms. The molecule has 35 heavy (non-hydrogen) atoms. The van der Waals surface area contributed by atoms with Gasteiger partial charge >= 0.3 is 0 Å².